The molecule has 22 heavy (non-hydrogen) atoms. The van der Waals surface area contributed by atoms with E-state index in [9.17, 15) is 26.4 Å². The molecule has 124 valence electrons. The van der Waals surface area contributed by atoms with Crippen LogP contribution in [-0.2, 0) is 10.0 Å². The highest BCUT2D eigenvalue weighted by molar-refractivity contribution is 7.89. The van der Waals surface area contributed by atoms with Gasteiger partial charge in [-0.3, -0.25) is 4.79 Å². The molecule has 0 aliphatic carbocycles. The largest absolute Gasteiger partial charge is 0.454 e. The molecule has 1 rings (SSSR count). The molecule has 0 bridgehead atoms. The Balaban J connectivity index is 3.36. The Bertz CT molecular complexity index is 644. The number of rotatable bonds is 5. The van der Waals surface area contributed by atoms with Crippen LogP contribution in [0.2, 0.25) is 0 Å². The maximum Gasteiger partial charge on any atom is 0.454 e. The molecule has 1 aromatic rings. The molecular weight excluding hydrogens is 319 g/mol. The number of carbonyl (C=O) groups is 1. The third-order valence-corrected chi connectivity index (χ3v) is 5.20. The minimum Gasteiger partial charge on any atom is -0.284 e. The highest BCUT2D eigenvalue weighted by Gasteiger charge is 2.40. The quantitative estimate of drug-likeness (QED) is 0.775. The van der Waals surface area contributed by atoms with Gasteiger partial charge < -0.3 is 0 Å². The molecule has 0 atom stereocenters. The number of ketones is 1. The second-order valence-corrected chi connectivity index (χ2v) is 7.22. The summed E-state index contributed by atoms with van der Waals surface area (Å²) >= 11 is 0. The van der Waals surface area contributed by atoms with Gasteiger partial charge in [-0.15, -0.1) is 0 Å². The van der Waals surface area contributed by atoms with Crippen LogP contribution < -0.4 is 0 Å². The minimum atomic E-state index is -5.04. The fourth-order valence-electron chi connectivity index (χ4n) is 2.23. The number of halogens is 3. The Morgan fingerprint density at radius 2 is 1.59 bits per heavy atom. The van der Waals surface area contributed by atoms with Crippen molar-refractivity contribution in [2.45, 2.75) is 50.9 Å². The van der Waals surface area contributed by atoms with Gasteiger partial charge in [0.2, 0.25) is 10.0 Å². The Morgan fingerprint density at radius 1 is 1.09 bits per heavy atom. The van der Waals surface area contributed by atoms with Crippen LogP contribution in [0.4, 0.5) is 13.2 Å². The maximum atomic E-state index is 12.6. The third kappa shape index (κ3) is 3.86. The van der Waals surface area contributed by atoms with E-state index in [1.807, 2.05) is 0 Å². The first kappa shape index (κ1) is 18.6. The lowest BCUT2D eigenvalue weighted by atomic mass is 10.1. The third-order valence-electron chi connectivity index (χ3n) is 2.95. The predicted molar refractivity (Wildman–Crippen MR) is 76.1 cm³/mol. The van der Waals surface area contributed by atoms with Crippen molar-refractivity contribution in [3.63, 3.8) is 0 Å². The van der Waals surface area contributed by atoms with Crippen molar-refractivity contribution < 1.29 is 26.4 Å². The fraction of sp³-hybridized carbons (Fsp3) is 0.500. The van der Waals surface area contributed by atoms with Gasteiger partial charge in [-0.2, -0.15) is 17.5 Å². The average Bonchev–Trinajstić information content (AvgIpc) is 2.35. The van der Waals surface area contributed by atoms with Gasteiger partial charge in [0.25, 0.3) is 5.78 Å². The zero-order valence-corrected chi connectivity index (χ0v) is 13.5. The number of hydrogen-bond acceptors (Lipinski definition) is 3. The molecule has 8 heteroatoms. The first-order valence-electron chi connectivity index (χ1n) is 6.64. The number of benzene rings is 1. The second kappa shape index (κ2) is 6.37. The highest BCUT2D eigenvalue weighted by atomic mass is 32.2. The van der Waals surface area contributed by atoms with Crippen molar-refractivity contribution in [2.75, 3.05) is 0 Å². The SMILES string of the molecule is CC(C)N(C(C)C)S(=O)(=O)c1cccc(C(=O)C(F)(F)F)c1. The number of alkyl halides is 3. The average molecular weight is 337 g/mol. The number of Topliss-reactive ketones (excluding diaryl/α,β-unsaturated/α-hetero) is 1. The van der Waals surface area contributed by atoms with Gasteiger partial charge in [-0.05, 0) is 39.8 Å². The van der Waals surface area contributed by atoms with Crippen molar-refractivity contribution >= 4 is 15.8 Å². The summed E-state index contributed by atoms with van der Waals surface area (Å²) in [7, 11) is -3.99. The Labute approximate surface area is 128 Å². The number of hydrogen-bond donors (Lipinski definition) is 0. The van der Waals surface area contributed by atoms with Gasteiger partial charge >= 0.3 is 6.18 Å². The van der Waals surface area contributed by atoms with Crippen LogP contribution in [-0.4, -0.2) is 36.8 Å². The predicted octanol–water partition coefficient (Wildman–Crippen LogP) is 3.24. The van der Waals surface area contributed by atoms with Gasteiger partial charge in [0, 0.05) is 17.6 Å². The van der Waals surface area contributed by atoms with Gasteiger partial charge in [-0.25, -0.2) is 8.42 Å². The van der Waals surface area contributed by atoms with Crippen LogP contribution in [0.15, 0.2) is 29.2 Å². The summed E-state index contributed by atoms with van der Waals surface area (Å²) in [5, 5.41) is 0. The van der Waals surface area contributed by atoms with Crippen LogP contribution in [0.5, 0.6) is 0 Å². The first-order chi connectivity index (χ1) is 9.89. The summed E-state index contributed by atoms with van der Waals surface area (Å²) in [6, 6.07) is 3.29. The van der Waals surface area contributed by atoms with Crippen LogP contribution in [0, 0.1) is 0 Å². The van der Waals surface area contributed by atoms with E-state index in [-0.39, 0.29) is 17.0 Å². The molecule has 0 aliphatic rings. The molecule has 0 amide bonds. The van der Waals surface area contributed by atoms with E-state index >= 15 is 0 Å². The molecule has 0 unspecified atom stereocenters. The van der Waals surface area contributed by atoms with Crippen molar-refractivity contribution in [1.29, 1.82) is 0 Å². The standard InChI is InChI=1S/C14H18F3NO3S/c1-9(2)18(10(3)4)22(20,21)12-7-5-6-11(8-12)13(19)14(15,16)17/h5-10H,1-4H3. The summed E-state index contributed by atoms with van der Waals surface area (Å²) in [6.07, 6.45) is -5.04. The fourth-order valence-corrected chi connectivity index (χ4v) is 4.11. The van der Waals surface area contributed by atoms with Crippen molar-refractivity contribution in [3.05, 3.63) is 29.8 Å². The van der Waals surface area contributed by atoms with Crippen molar-refractivity contribution in [2.24, 2.45) is 0 Å². The Morgan fingerprint density at radius 3 is 2.00 bits per heavy atom. The van der Waals surface area contributed by atoms with E-state index in [0.29, 0.717) is 0 Å². The summed E-state index contributed by atoms with van der Waals surface area (Å²) in [6.45, 7) is 6.68. The second-order valence-electron chi connectivity index (χ2n) is 5.38. The van der Waals surface area contributed by atoms with E-state index in [1.165, 1.54) is 10.4 Å². The molecule has 0 spiro atoms. The van der Waals surface area contributed by atoms with E-state index in [1.54, 1.807) is 27.7 Å². The van der Waals surface area contributed by atoms with Crippen LogP contribution in [0.25, 0.3) is 0 Å². The van der Waals surface area contributed by atoms with Crippen LogP contribution >= 0.6 is 0 Å². The molecule has 1 aromatic carbocycles. The zero-order valence-electron chi connectivity index (χ0n) is 12.7. The van der Waals surface area contributed by atoms with Gasteiger partial charge in [0.1, 0.15) is 0 Å². The normalized spacial score (nSPS) is 13.2. The minimum absolute atomic E-state index is 0.329. The van der Waals surface area contributed by atoms with Gasteiger partial charge in [-0.1, -0.05) is 12.1 Å². The summed E-state index contributed by atoms with van der Waals surface area (Å²) < 4.78 is 63.7. The van der Waals surface area contributed by atoms with Crippen molar-refractivity contribution in [3.8, 4) is 0 Å². The lowest BCUT2D eigenvalue weighted by Gasteiger charge is -2.29. The molecule has 0 fully saturated rings. The lowest BCUT2D eigenvalue weighted by molar-refractivity contribution is -0.0885. The molecule has 4 nitrogen and oxygen atoms in total. The zero-order chi connectivity index (χ0) is 17.3. The highest BCUT2D eigenvalue weighted by Crippen LogP contribution is 2.25. The molecule has 0 aliphatic heterocycles. The number of carbonyl (C=O) groups excluding carboxylic acids is 1. The maximum absolute atomic E-state index is 12.6. The van der Waals surface area contributed by atoms with Gasteiger partial charge in [0.15, 0.2) is 0 Å². The van der Waals surface area contributed by atoms with E-state index < -0.39 is 27.5 Å². The molecule has 0 saturated heterocycles. The van der Waals surface area contributed by atoms with E-state index in [4.69, 9.17) is 0 Å². The summed E-state index contributed by atoms with van der Waals surface area (Å²) in [5.41, 5.74) is -0.693. The lowest BCUT2D eigenvalue weighted by Crippen LogP contribution is -2.42. The Kier molecular flexibility index (Phi) is 5.40. The first-order valence-corrected chi connectivity index (χ1v) is 8.08. The van der Waals surface area contributed by atoms with E-state index in [2.05, 4.69) is 0 Å². The van der Waals surface area contributed by atoms with E-state index in [0.717, 1.165) is 18.2 Å². The molecule has 0 N–H and O–H groups in total. The monoisotopic (exact) mass is 337 g/mol. The summed E-state index contributed by atoms with van der Waals surface area (Å²) in [5.74, 6) is -2.06. The number of nitrogens with zero attached hydrogens (tertiary/aromatic N) is 1. The molecular formula is C14H18F3NO3S. The molecule has 0 aromatic heterocycles. The van der Waals surface area contributed by atoms with Crippen LogP contribution in [0.1, 0.15) is 38.1 Å². The molecule has 0 saturated carbocycles. The van der Waals surface area contributed by atoms with Crippen LogP contribution in [0.3, 0.4) is 0 Å². The van der Waals surface area contributed by atoms with Gasteiger partial charge in [0.05, 0.1) is 4.90 Å². The number of sulfonamides is 1. The smallest absolute Gasteiger partial charge is 0.284 e. The summed E-state index contributed by atoms with van der Waals surface area (Å²) in [4.78, 5) is 10.9. The Hall–Kier alpha value is -1.41. The topological polar surface area (TPSA) is 54.5 Å². The molecule has 0 heterocycles. The van der Waals surface area contributed by atoms with Crippen molar-refractivity contribution in [1.82, 2.24) is 4.31 Å². The molecule has 0 radical (unpaired) electrons.